The molecule has 0 aromatic rings. The van der Waals surface area contributed by atoms with Gasteiger partial charge in [-0.15, -0.1) is 0 Å². The molecule has 0 spiro atoms. The average molecular weight is 654 g/mol. The first-order valence-electron chi connectivity index (χ1n) is 7.87. The van der Waals surface area contributed by atoms with E-state index in [4.69, 9.17) is 29.4 Å². The van der Waals surface area contributed by atoms with Crippen LogP contribution in [-0.4, -0.2) is 0 Å². The molecular weight excluding hydrogens is 628 g/mol. The van der Waals surface area contributed by atoms with E-state index in [2.05, 4.69) is 37.5 Å². The predicted octanol–water partition coefficient (Wildman–Crippen LogP) is -0.358. The molecule has 0 atom stereocenters. The standard InChI is InChI=1S/C8H17.C4H9.2H3O3PS.4Zn/c1-3-5-7-8-6-4-2;1-3-4-2;2*1-4(2,3)5;;;;/h1,3-8H2,2H3;1,3-4H2,2H3;2*(H3,1,2,3,5);;;;/q;;;;;3*+2/p-6. The Morgan fingerprint density at radius 3 is 1.19 bits per heavy atom. The van der Waals surface area contributed by atoms with Crippen LogP contribution in [-0.2, 0) is 99.2 Å². The smallest absolute Gasteiger partial charge is 0.844 e. The van der Waals surface area contributed by atoms with E-state index in [1.54, 1.807) is 16.5 Å². The molecule has 0 unspecified atom stereocenters. The maximum absolute atomic E-state index is 8.92. The van der Waals surface area contributed by atoms with Crippen LogP contribution in [0.4, 0.5) is 0 Å². The molecule has 0 saturated heterocycles. The van der Waals surface area contributed by atoms with Gasteiger partial charge in [0.15, 0.2) is 0 Å². The minimum atomic E-state index is -4.56. The van der Waals surface area contributed by atoms with Gasteiger partial charge < -0.3 is 42.8 Å². The minimum absolute atomic E-state index is 0. The van der Waals surface area contributed by atoms with Crippen molar-refractivity contribution in [3.63, 3.8) is 0 Å². The first-order valence-corrected chi connectivity index (χ1v) is 17.2. The molecule has 6 nitrogen and oxygen atoms in total. The van der Waals surface area contributed by atoms with Crippen molar-refractivity contribution in [3.8, 4) is 0 Å². The molecule has 0 aromatic heterocycles. The molecular formula is C12H26O6P2S2Zn4. The molecule has 0 fully saturated rings. The van der Waals surface area contributed by atoms with Gasteiger partial charge in [0.25, 0.3) is 0 Å². The Kier molecular flexibility index (Phi) is 51.4. The quantitative estimate of drug-likeness (QED) is 0.177. The largest absolute Gasteiger partial charge is 2.00 e. The monoisotopic (exact) mass is 648 g/mol. The topological polar surface area (TPSA) is 138 Å². The number of rotatable bonds is 10. The molecule has 26 heavy (non-hydrogen) atoms. The second-order valence-electron chi connectivity index (χ2n) is 5.08. The van der Waals surface area contributed by atoms with Crippen molar-refractivity contribution >= 4 is 37.1 Å². The van der Waals surface area contributed by atoms with Gasteiger partial charge in [-0.2, -0.15) is 23.6 Å². The summed E-state index contributed by atoms with van der Waals surface area (Å²) in [5.74, 6) is 0. The van der Waals surface area contributed by atoms with E-state index in [1.807, 2.05) is 0 Å². The van der Waals surface area contributed by atoms with Crippen LogP contribution in [0.1, 0.15) is 65.2 Å². The van der Waals surface area contributed by atoms with Crippen LogP contribution >= 0.6 is 13.4 Å². The van der Waals surface area contributed by atoms with Gasteiger partial charge in [-0.25, -0.2) is 0 Å². The predicted molar refractivity (Wildman–Crippen MR) is 86.5 cm³/mol. The fraction of sp³-hybridized carbons (Fsp3) is 1.00. The Hall–Kier alpha value is 3.55. The Morgan fingerprint density at radius 2 is 0.846 bits per heavy atom. The van der Waals surface area contributed by atoms with Crippen molar-refractivity contribution in [2.45, 2.75) is 75.2 Å². The van der Waals surface area contributed by atoms with Crippen LogP contribution in [0.15, 0.2) is 0 Å². The normalized spacial score (nSPS) is 9.54. The molecule has 0 bridgehead atoms. The minimum Gasteiger partial charge on any atom is -0.844 e. The molecule has 0 radical (unpaired) electrons. The van der Waals surface area contributed by atoms with Crippen LogP contribution in [0.2, 0.25) is 10.0 Å². The summed E-state index contributed by atoms with van der Waals surface area (Å²) in [5.41, 5.74) is 0. The van der Waals surface area contributed by atoms with Crippen LogP contribution in [0.25, 0.3) is 0 Å². The zero-order chi connectivity index (χ0) is 18.8. The molecule has 0 aliphatic carbocycles. The van der Waals surface area contributed by atoms with E-state index < -0.39 is 13.4 Å². The first kappa shape index (κ1) is 43.4. The van der Waals surface area contributed by atoms with Gasteiger partial charge in [-0.1, -0.05) is 0 Å². The Bertz CT molecular complexity index is 288. The van der Waals surface area contributed by atoms with Gasteiger partial charge in [-0.3, -0.25) is 0 Å². The Labute approximate surface area is 215 Å². The first-order chi connectivity index (χ1) is 10.4. The number of unbranched alkanes of at least 4 members (excludes halogenated alkanes) is 6. The summed E-state index contributed by atoms with van der Waals surface area (Å²) < 4.78 is 0. The second kappa shape index (κ2) is 30.7. The number of hydrogen-bond donors (Lipinski definition) is 0. The van der Waals surface area contributed by atoms with E-state index in [0.717, 1.165) is 0 Å². The summed E-state index contributed by atoms with van der Waals surface area (Å²) in [5, 5.41) is 3.32. The zero-order valence-electron chi connectivity index (χ0n) is 16.1. The van der Waals surface area contributed by atoms with Gasteiger partial charge >= 0.3 is 151 Å². The third-order valence-corrected chi connectivity index (χ3v) is 6.90. The van der Waals surface area contributed by atoms with E-state index in [-0.39, 0.29) is 75.6 Å². The Morgan fingerprint density at radius 1 is 0.577 bits per heavy atom. The Balaban J connectivity index is -0.0000000652. The maximum Gasteiger partial charge on any atom is 2.00 e. The van der Waals surface area contributed by atoms with Crippen LogP contribution in [0.5, 0.6) is 0 Å². The molecule has 0 N–H and O–H groups in total. The van der Waals surface area contributed by atoms with Crippen molar-refractivity contribution in [2.75, 3.05) is 0 Å². The summed E-state index contributed by atoms with van der Waals surface area (Å²) in [6, 6.07) is 0. The summed E-state index contributed by atoms with van der Waals surface area (Å²) >= 11 is 6.51. The van der Waals surface area contributed by atoms with Gasteiger partial charge in [0.2, 0.25) is 0 Å². The fourth-order valence-corrected chi connectivity index (χ4v) is 5.75. The fourth-order valence-electron chi connectivity index (χ4n) is 1.74. The summed E-state index contributed by atoms with van der Waals surface area (Å²) in [4.78, 5) is 53.5. The molecule has 14 heteroatoms. The third kappa shape index (κ3) is 106. The summed E-state index contributed by atoms with van der Waals surface area (Å²) in [6.45, 7) is -4.51. The molecule has 0 amide bonds. The van der Waals surface area contributed by atoms with Gasteiger partial charge in [-0.05, 0) is 0 Å². The molecule has 0 heterocycles. The van der Waals surface area contributed by atoms with E-state index in [9.17, 15) is 0 Å². The van der Waals surface area contributed by atoms with E-state index in [1.165, 1.54) is 44.9 Å². The SMILES string of the molecule is CCCCCCC[CH2][Zn][CH2]CCC.[O-]P([O-])([O-])=S.[O-]P([O-])([O-])=S.[Zn+2].[Zn+2].[Zn+2]. The summed E-state index contributed by atoms with van der Waals surface area (Å²) in [6.07, 6.45) is 11.9. The molecule has 140 valence electrons. The van der Waals surface area contributed by atoms with Crippen molar-refractivity contribution in [1.82, 2.24) is 0 Å². The number of hydrogen-bond acceptors (Lipinski definition) is 8. The molecule has 0 saturated carbocycles. The maximum atomic E-state index is 8.92. The molecule has 0 aliphatic heterocycles. The molecule has 0 rings (SSSR count). The van der Waals surface area contributed by atoms with Crippen LogP contribution < -0.4 is 29.4 Å². The third-order valence-electron chi connectivity index (χ3n) is 2.71. The van der Waals surface area contributed by atoms with E-state index in [0.29, 0.717) is 0 Å². The van der Waals surface area contributed by atoms with Crippen LogP contribution in [0, 0.1) is 0 Å². The zero-order valence-corrected chi connectivity index (χ0v) is 31.4. The van der Waals surface area contributed by atoms with Gasteiger partial charge in [0.1, 0.15) is 0 Å². The van der Waals surface area contributed by atoms with E-state index >= 15 is 0 Å². The summed E-state index contributed by atoms with van der Waals surface area (Å²) in [7, 11) is 0. The van der Waals surface area contributed by atoms with Crippen molar-refractivity contribution in [1.29, 1.82) is 0 Å². The second-order valence-corrected chi connectivity index (χ2v) is 14.0. The molecule has 0 aromatic carbocycles. The van der Waals surface area contributed by atoms with Crippen molar-refractivity contribution < 1.29 is 105 Å². The van der Waals surface area contributed by atoms with Gasteiger partial charge in [0.05, 0.1) is 0 Å². The molecule has 0 aliphatic rings. The van der Waals surface area contributed by atoms with Crippen LogP contribution in [0.3, 0.4) is 0 Å². The average Bonchev–Trinajstić information content (AvgIpc) is 2.33. The van der Waals surface area contributed by atoms with Gasteiger partial charge in [0, 0.05) is 0 Å². The van der Waals surface area contributed by atoms with Crippen molar-refractivity contribution in [3.05, 3.63) is 0 Å². The van der Waals surface area contributed by atoms with Crippen molar-refractivity contribution in [2.24, 2.45) is 0 Å².